The number of nitrogens with one attached hydrogen (secondary N) is 1. The number of aromatic amines is 1. The van der Waals surface area contributed by atoms with Gasteiger partial charge in [0.05, 0.1) is 6.20 Å². The number of hydrogen-bond donors (Lipinski definition) is 2. The number of hydrogen-bond acceptors (Lipinski definition) is 5. The Morgan fingerprint density at radius 2 is 2.11 bits per heavy atom. The number of anilines is 1. The Labute approximate surface area is 112 Å². The van der Waals surface area contributed by atoms with Crippen molar-refractivity contribution in [3.8, 4) is 11.4 Å². The average molecular weight is 267 g/mol. The summed E-state index contributed by atoms with van der Waals surface area (Å²) in [5.74, 6) is 1.02. The molecule has 0 aliphatic heterocycles. The highest BCUT2D eigenvalue weighted by Crippen LogP contribution is 2.26. The van der Waals surface area contributed by atoms with Gasteiger partial charge < -0.3 is 10.7 Å². The number of rotatable bonds is 1. The van der Waals surface area contributed by atoms with E-state index in [0.29, 0.717) is 5.65 Å². The molecule has 0 atom stereocenters. The number of thiophene rings is 1. The molecular weight excluding hydrogens is 258 g/mol. The zero-order valence-electron chi connectivity index (χ0n) is 9.79. The van der Waals surface area contributed by atoms with Crippen LogP contribution in [-0.2, 0) is 0 Å². The van der Waals surface area contributed by atoms with E-state index in [1.807, 2.05) is 6.07 Å². The van der Waals surface area contributed by atoms with Gasteiger partial charge in [-0.1, -0.05) is 0 Å². The van der Waals surface area contributed by atoms with Crippen molar-refractivity contribution in [2.75, 3.05) is 5.73 Å². The Kier molecular flexibility index (Phi) is 2.07. The van der Waals surface area contributed by atoms with E-state index in [0.717, 1.165) is 16.9 Å². The van der Waals surface area contributed by atoms with Crippen LogP contribution >= 0.6 is 11.3 Å². The molecular formula is C13H9N5S. The maximum atomic E-state index is 5.56. The lowest BCUT2D eigenvalue weighted by atomic mass is 10.1. The summed E-state index contributed by atoms with van der Waals surface area (Å²) < 4.78 is 1.27. The van der Waals surface area contributed by atoms with Crippen molar-refractivity contribution in [3.63, 3.8) is 0 Å². The van der Waals surface area contributed by atoms with Gasteiger partial charge in [-0.15, -0.1) is 11.3 Å². The Morgan fingerprint density at radius 3 is 3.05 bits per heavy atom. The molecule has 3 N–H and O–H groups in total. The molecule has 4 rings (SSSR count). The first-order valence-corrected chi connectivity index (χ1v) is 6.63. The van der Waals surface area contributed by atoms with Crippen LogP contribution in [0.3, 0.4) is 0 Å². The minimum Gasteiger partial charge on any atom is -0.368 e. The number of benzene rings is 1. The number of nitrogen functional groups attached to an aromatic ring is 1. The first kappa shape index (κ1) is 10.5. The maximum Gasteiger partial charge on any atom is 0.222 e. The van der Waals surface area contributed by atoms with Crippen LogP contribution in [0.25, 0.3) is 32.6 Å². The second-order valence-corrected chi connectivity index (χ2v) is 5.17. The highest BCUT2D eigenvalue weighted by atomic mass is 32.1. The van der Waals surface area contributed by atoms with Gasteiger partial charge >= 0.3 is 0 Å². The SMILES string of the molecule is Nc1ncc2[nH]c(-c3ccc4sccc4c3)nc2n1. The second kappa shape index (κ2) is 3.76. The van der Waals surface area contributed by atoms with Crippen LogP contribution < -0.4 is 5.73 Å². The van der Waals surface area contributed by atoms with Crippen molar-refractivity contribution in [3.05, 3.63) is 35.8 Å². The van der Waals surface area contributed by atoms with Crippen molar-refractivity contribution in [2.24, 2.45) is 0 Å². The van der Waals surface area contributed by atoms with Gasteiger partial charge in [0.1, 0.15) is 11.3 Å². The van der Waals surface area contributed by atoms with E-state index in [1.54, 1.807) is 17.5 Å². The van der Waals surface area contributed by atoms with Crippen molar-refractivity contribution < 1.29 is 0 Å². The number of nitrogens with two attached hydrogens (primary N) is 1. The molecule has 0 aliphatic rings. The molecule has 0 aliphatic carbocycles. The molecule has 0 saturated heterocycles. The fourth-order valence-electron chi connectivity index (χ4n) is 2.07. The fourth-order valence-corrected chi connectivity index (χ4v) is 2.84. The van der Waals surface area contributed by atoms with E-state index >= 15 is 0 Å². The summed E-state index contributed by atoms with van der Waals surface area (Å²) in [5.41, 5.74) is 7.96. The second-order valence-electron chi connectivity index (χ2n) is 4.22. The fraction of sp³-hybridized carbons (Fsp3) is 0. The van der Waals surface area contributed by atoms with E-state index in [2.05, 4.69) is 43.5 Å². The van der Waals surface area contributed by atoms with Crippen LogP contribution in [-0.4, -0.2) is 19.9 Å². The van der Waals surface area contributed by atoms with Gasteiger partial charge in [0.2, 0.25) is 5.95 Å². The van der Waals surface area contributed by atoms with Gasteiger partial charge in [-0.3, -0.25) is 0 Å². The van der Waals surface area contributed by atoms with Gasteiger partial charge in [0.15, 0.2) is 5.65 Å². The number of H-pyrrole nitrogens is 1. The summed E-state index contributed by atoms with van der Waals surface area (Å²) in [6.07, 6.45) is 1.65. The summed E-state index contributed by atoms with van der Waals surface area (Å²) in [4.78, 5) is 15.7. The van der Waals surface area contributed by atoms with Crippen LogP contribution in [0.1, 0.15) is 0 Å². The largest absolute Gasteiger partial charge is 0.368 e. The third-order valence-corrected chi connectivity index (χ3v) is 3.88. The van der Waals surface area contributed by atoms with Gasteiger partial charge in [0, 0.05) is 10.3 Å². The molecule has 0 fully saturated rings. The standard InChI is InChI=1S/C13H9N5S/c14-13-15-6-9-12(18-13)17-11(16-9)8-1-2-10-7(5-8)3-4-19-10/h1-6H,(H3,14,15,16,17,18). The minimum absolute atomic E-state index is 0.235. The van der Waals surface area contributed by atoms with Crippen LogP contribution in [0.15, 0.2) is 35.8 Å². The van der Waals surface area contributed by atoms with Crippen LogP contribution in [0.2, 0.25) is 0 Å². The van der Waals surface area contributed by atoms with Gasteiger partial charge in [-0.25, -0.2) is 9.97 Å². The average Bonchev–Trinajstić information content (AvgIpc) is 3.02. The Hall–Kier alpha value is -2.47. The molecule has 0 radical (unpaired) electrons. The maximum absolute atomic E-state index is 5.56. The van der Waals surface area contributed by atoms with Crippen LogP contribution in [0.5, 0.6) is 0 Å². The normalized spacial score (nSPS) is 11.4. The van der Waals surface area contributed by atoms with Crippen LogP contribution in [0, 0.1) is 0 Å². The summed E-state index contributed by atoms with van der Waals surface area (Å²) in [6, 6.07) is 8.36. The molecule has 0 unspecified atom stereocenters. The summed E-state index contributed by atoms with van der Waals surface area (Å²) >= 11 is 1.73. The van der Waals surface area contributed by atoms with E-state index in [1.165, 1.54) is 10.1 Å². The molecule has 5 nitrogen and oxygen atoms in total. The van der Waals surface area contributed by atoms with Crippen molar-refractivity contribution >= 4 is 38.5 Å². The van der Waals surface area contributed by atoms with Crippen LogP contribution in [0.4, 0.5) is 5.95 Å². The highest BCUT2D eigenvalue weighted by Gasteiger charge is 2.08. The molecule has 3 aromatic heterocycles. The van der Waals surface area contributed by atoms with Crippen molar-refractivity contribution in [1.29, 1.82) is 0 Å². The third-order valence-electron chi connectivity index (χ3n) is 2.98. The first-order valence-electron chi connectivity index (χ1n) is 5.75. The molecule has 1 aromatic carbocycles. The summed E-state index contributed by atoms with van der Waals surface area (Å²) in [6.45, 7) is 0. The van der Waals surface area contributed by atoms with E-state index in [-0.39, 0.29) is 5.95 Å². The Balaban J connectivity index is 1.92. The molecule has 0 spiro atoms. The van der Waals surface area contributed by atoms with Gasteiger partial charge in [-0.2, -0.15) is 4.98 Å². The predicted octanol–water partition coefficient (Wildman–Crippen LogP) is 2.82. The van der Waals surface area contributed by atoms with Crippen molar-refractivity contribution in [1.82, 2.24) is 19.9 Å². The topological polar surface area (TPSA) is 80.5 Å². The lowest BCUT2D eigenvalue weighted by molar-refractivity contribution is 1.22. The molecule has 0 saturated carbocycles. The first-order chi connectivity index (χ1) is 9.29. The molecule has 0 bridgehead atoms. The number of nitrogens with zero attached hydrogens (tertiary/aromatic N) is 3. The van der Waals surface area contributed by atoms with Gasteiger partial charge in [-0.05, 0) is 35.0 Å². The van der Waals surface area contributed by atoms with E-state index < -0.39 is 0 Å². The number of imidazole rings is 1. The zero-order chi connectivity index (χ0) is 12.8. The van der Waals surface area contributed by atoms with E-state index in [9.17, 15) is 0 Å². The zero-order valence-corrected chi connectivity index (χ0v) is 10.6. The molecule has 92 valence electrons. The highest BCUT2D eigenvalue weighted by molar-refractivity contribution is 7.17. The lowest BCUT2D eigenvalue weighted by Gasteiger charge is -1.96. The predicted molar refractivity (Wildman–Crippen MR) is 76.9 cm³/mol. The lowest BCUT2D eigenvalue weighted by Crippen LogP contribution is -1.93. The molecule has 6 heteroatoms. The van der Waals surface area contributed by atoms with E-state index in [4.69, 9.17) is 5.73 Å². The van der Waals surface area contributed by atoms with Gasteiger partial charge in [0.25, 0.3) is 0 Å². The summed E-state index contributed by atoms with van der Waals surface area (Å²) in [5, 5.41) is 3.30. The minimum atomic E-state index is 0.235. The van der Waals surface area contributed by atoms with Crippen molar-refractivity contribution in [2.45, 2.75) is 0 Å². The molecule has 4 aromatic rings. The Morgan fingerprint density at radius 1 is 1.16 bits per heavy atom. The smallest absolute Gasteiger partial charge is 0.222 e. The molecule has 3 heterocycles. The number of aromatic nitrogens is 4. The number of fused-ring (bicyclic) bond motifs is 2. The Bertz CT molecular complexity index is 892. The summed E-state index contributed by atoms with van der Waals surface area (Å²) in [7, 11) is 0. The molecule has 0 amide bonds. The third kappa shape index (κ3) is 1.65. The quantitative estimate of drug-likeness (QED) is 0.555. The molecule has 19 heavy (non-hydrogen) atoms. The monoisotopic (exact) mass is 267 g/mol.